The lowest BCUT2D eigenvalue weighted by molar-refractivity contribution is 0.0341. The lowest BCUT2D eigenvalue weighted by atomic mass is 10.1. The largest absolute Gasteiger partial charge is 0.379 e. The van der Waals surface area contributed by atoms with Crippen LogP contribution in [-0.4, -0.2) is 60.0 Å². The Morgan fingerprint density at radius 1 is 1.14 bits per heavy atom. The summed E-state index contributed by atoms with van der Waals surface area (Å²) in [5, 5.41) is 11.0. The van der Waals surface area contributed by atoms with E-state index < -0.39 is 0 Å². The number of guanidine groups is 1. The van der Waals surface area contributed by atoms with Gasteiger partial charge in [0.1, 0.15) is 0 Å². The van der Waals surface area contributed by atoms with E-state index in [0.29, 0.717) is 6.54 Å². The predicted molar refractivity (Wildman–Crippen MR) is 112 cm³/mol. The molecule has 0 aliphatic carbocycles. The van der Waals surface area contributed by atoms with Crippen molar-refractivity contribution in [3.05, 3.63) is 53.9 Å². The Morgan fingerprint density at radius 3 is 2.71 bits per heavy atom. The molecule has 0 unspecified atom stereocenters. The van der Waals surface area contributed by atoms with Gasteiger partial charge in [0, 0.05) is 51.7 Å². The Balaban J connectivity index is 1.52. The van der Waals surface area contributed by atoms with E-state index in [1.54, 1.807) is 0 Å². The number of nitrogens with zero attached hydrogens (tertiary/aromatic N) is 4. The van der Waals surface area contributed by atoms with Crippen LogP contribution in [0.4, 0.5) is 0 Å². The number of aryl methyl sites for hydroxylation is 1. The summed E-state index contributed by atoms with van der Waals surface area (Å²) in [7, 11) is 0. The van der Waals surface area contributed by atoms with Crippen molar-refractivity contribution in [3.8, 4) is 0 Å². The van der Waals surface area contributed by atoms with Crippen LogP contribution in [0.1, 0.15) is 24.5 Å². The van der Waals surface area contributed by atoms with Crippen LogP contribution in [0.15, 0.2) is 47.7 Å². The number of nitrogens with one attached hydrogen (secondary N) is 2. The van der Waals surface area contributed by atoms with E-state index in [4.69, 9.17) is 9.73 Å². The molecule has 0 atom stereocenters. The molecule has 0 amide bonds. The second-order valence-electron chi connectivity index (χ2n) is 6.90. The normalized spacial score (nSPS) is 15.5. The number of aromatic nitrogens is 2. The lowest BCUT2D eigenvalue weighted by Crippen LogP contribution is -2.38. The molecule has 1 aromatic carbocycles. The molecule has 2 aromatic rings. The molecule has 1 aliphatic rings. The van der Waals surface area contributed by atoms with Crippen molar-refractivity contribution in [1.82, 2.24) is 25.3 Å². The van der Waals surface area contributed by atoms with Gasteiger partial charge in [-0.3, -0.25) is 9.58 Å². The maximum absolute atomic E-state index is 5.46. The highest BCUT2D eigenvalue weighted by Crippen LogP contribution is 2.14. The van der Waals surface area contributed by atoms with Crippen LogP contribution in [0, 0.1) is 0 Å². The molecule has 1 fully saturated rings. The summed E-state index contributed by atoms with van der Waals surface area (Å²) in [6.45, 7) is 9.99. The van der Waals surface area contributed by atoms with Gasteiger partial charge in [0.25, 0.3) is 0 Å². The highest BCUT2D eigenvalue weighted by molar-refractivity contribution is 5.79. The second-order valence-corrected chi connectivity index (χ2v) is 6.90. The summed E-state index contributed by atoms with van der Waals surface area (Å²) >= 11 is 0. The molecule has 0 bridgehead atoms. The third-order valence-corrected chi connectivity index (χ3v) is 4.78. The van der Waals surface area contributed by atoms with Crippen molar-refractivity contribution in [2.45, 2.75) is 33.0 Å². The first kappa shape index (κ1) is 20.4. The van der Waals surface area contributed by atoms with Gasteiger partial charge in [-0.25, -0.2) is 4.99 Å². The van der Waals surface area contributed by atoms with Gasteiger partial charge >= 0.3 is 0 Å². The summed E-state index contributed by atoms with van der Waals surface area (Å²) in [5.41, 5.74) is 2.63. The Labute approximate surface area is 167 Å². The maximum atomic E-state index is 5.46. The average Bonchev–Trinajstić information content (AvgIpc) is 3.24. The summed E-state index contributed by atoms with van der Waals surface area (Å²) in [6.07, 6.45) is 4.80. The van der Waals surface area contributed by atoms with Crippen molar-refractivity contribution in [1.29, 1.82) is 0 Å². The Bertz CT molecular complexity index is 709. The molecule has 7 heteroatoms. The van der Waals surface area contributed by atoms with Crippen LogP contribution in [0.3, 0.4) is 0 Å². The molecule has 2 N–H and O–H groups in total. The van der Waals surface area contributed by atoms with Gasteiger partial charge in [-0.15, -0.1) is 0 Å². The number of morpholine rings is 1. The average molecular weight is 385 g/mol. The van der Waals surface area contributed by atoms with E-state index in [-0.39, 0.29) is 0 Å². The summed E-state index contributed by atoms with van der Waals surface area (Å²) in [6, 6.07) is 10.6. The van der Waals surface area contributed by atoms with Crippen molar-refractivity contribution in [2.75, 3.05) is 39.4 Å². The van der Waals surface area contributed by atoms with Crippen LogP contribution >= 0.6 is 0 Å². The minimum atomic E-state index is 0.676. The van der Waals surface area contributed by atoms with Crippen molar-refractivity contribution >= 4 is 5.96 Å². The molecule has 0 saturated carbocycles. The Morgan fingerprint density at radius 2 is 1.96 bits per heavy atom. The third kappa shape index (κ3) is 6.65. The molecule has 0 spiro atoms. The molecule has 1 aromatic heterocycles. The minimum absolute atomic E-state index is 0.676. The van der Waals surface area contributed by atoms with E-state index in [0.717, 1.165) is 64.9 Å². The van der Waals surface area contributed by atoms with Crippen molar-refractivity contribution < 1.29 is 4.74 Å². The van der Waals surface area contributed by atoms with E-state index in [1.165, 1.54) is 11.1 Å². The molecule has 1 saturated heterocycles. The van der Waals surface area contributed by atoms with Gasteiger partial charge in [-0.05, 0) is 30.5 Å². The Hall–Kier alpha value is -2.38. The molecule has 0 radical (unpaired) electrons. The van der Waals surface area contributed by atoms with Crippen LogP contribution in [-0.2, 0) is 24.4 Å². The fourth-order valence-corrected chi connectivity index (χ4v) is 3.25. The molecule has 152 valence electrons. The van der Waals surface area contributed by atoms with Gasteiger partial charge in [-0.2, -0.15) is 5.10 Å². The highest BCUT2D eigenvalue weighted by Gasteiger charge is 2.12. The fourth-order valence-electron chi connectivity index (χ4n) is 3.25. The first-order valence-corrected chi connectivity index (χ1v) is 10.2. The van der Waals surface area contributed by atoms with Gasteiger partial charge in [0.2, 0.25) is 0 Å². The smallest absolute Gasteiger partial charge is 0.191 e. The number of hydrogen-bond acceptors (Lipinski definition) is 4. The SMILES string of the molecule is CCNC(=NCc1ccccc1CN1CCOCC1)NCCCn1cccn1. The predicted octanol–water partition coefficient (Wildman–Crippen LogP) is 1.86. The highest BCUT2D eigenvalue weighted by atomic mass is 16.5. The summed E-state index contributed by atoms with van der Waals surface area (Å²) in [5.74, 6) is 0.865. The molecule has 28 heavy (non-hydrogen) atoms. The standard InChI is InChI=1S/C21H32N6O/c1-2-22-21(23-9-5-11-27-12-6-10-25-27)24-17-19-7-3-4-8-20(19)18-26-13-15-28-16-14-26/h3-4,6-8,10,12H,2,5,9,11,13-18H2,1H3,(H2,22,23,24). The second kappa shape index (κ2) is 11.5. The third-order valence-electron chi connectivity index (χ3n) is 4.78. The zero-order valence-corrected chi connectivity index (χ0v) is 16.8. The zero-order valence-electron chi connectivity index (χ0n) is 16.8. The summed E-state index contributed by atoms with van der Waals surface area (Å²) < 4.78 is 7.41. The van der Waals surface area contributed by atoms with Crippen LogP contribution < -0.4 is 10.6 Å². The minimum Gasteiger partial charge on any atom is -0.379 e. The molecule has 7 nitrogen and oxygen atoms in total. The van der Waals surface area contributed by atoms with Crippen molar-refractivity contribution in [2.24, 2.45) is 4.99 Å². The van der Waals surface area contributed by atoms with Crippen molar-refractivity contribution in [3.63, 3.8) is 0 Å². The van der Waals surface area contributed by atoms with Gasteiger partial charge in [0.15, 0.2) is 5.96 Å². The zero-order chi connectivity index (χ0) is 19.4. The first-order chi connectivity index (χ1) is 13.8. The summed E-state index contributed by atoms with van der Waals surface area (Å²) in [4.78, 5) is 7.25. The van der Waals surface area contributed by atoms with Gasteiger partial charge in [0.05, 0.1) is 19.8 Å². The maximum Gasteiger partial charge on any atom is 0.191 e. The van der Waals surface area contributed by atoms with E-state index >= 15 is 0 Å². The number of hydrogen-bond donors (Lipinski definition) is 2. The van der Waals surface area contributed by atoms with E-state index in [1.807, 2.05) is 23.1 Å². The number of benzene rings is 1. The quantitative estimate of drug-likeness (QED) is 0.392. The molecule has 1 aliphatic heterocycles. The first-order valence-electron chi connectivity index (χ1n) is 10.2. The van der Waals surface area contributed by atoms with Gasteiger partial charge < -0.3 is 15.4 Å². The molecular formula is C21H32N6O. The van der Waals surface area contributed by atoms with E-state index in [2.05, 4.69) is 51.8 Å². The molecule has 3 rings (SSSR count). The van der Waals surface area contributed by atoms with Gasteiger partial charge in [-0.1, -0.05) is 24.3 Å². The molecule has 2 heterocycles. The van der Waals surface area contributed by atoms with Crippen LogP contribution in [0.2, 0.25) is 0 Å². The Kier molecular flexibility index (Phi) is 8.33. The number of rotatable bonds is 9. The lowest BCUT2D eigenvalue weighted by Gasteiger charge is -2.27. The number of ether oxygens (including phenoxy) is 1. The number of aliphatic imine (C=N–C) groups is 1. The van der Waals surface area contributed by atoms with E-state index in [9.17, 15) is 0 Å². The van der Waals surface area contributed by atoms with Crippen LogP contribution in [0.25, 0.3) is 0 Å². The van der Waals surface area contributed by atoms with Crippen LogP contribution in [0.5, 0.6) is 0 Å². The fraction of sp³-hybridized carbons (Fsp3) is 0.524. The molecular weight excluding hydrogens is 352 g/mol. The monoisotopic (exact) mass is 384 g/mol. The topological polar surface area (TPSA) is 66.7 Å².